The van der Waals surface area contributed by atoms with E-state index in [2.05, 4.69) is 10.2 Å². The van der Waals surface area contributed by atoms with Crippen molar-refractivity contribution >= 4 is 27.2 Å². The van der Waals surface area contributed by atoms with Crippen LogP contribution in [0.1, 0.15) is 5.56 Å². The number of rotatable bonds is 5. The predicted molar refractivity (Wildman–Crippen MR) is 97.5 cm³/mol. The maximum atomic E-state index is 12.9. The second-order valence-electron chi connectivity index (χ2n) is 6.07. The minimum absolute atomic E-state index is 0.106. The molecule has 12 nitrogen and oxygen atoms in total. The Balaban J connectivity index is 1.89. The van der Waals surface area contributed by atoms with Crippen LogP contribution in [0.2, 0.25) is 0 Å². The third kappa shape index (κ3) is 3.61. The Kier molecular flexibility index (Phi) is 5.20. The Morgan fingerprint density at radius 3 is 2.07 bits per heavy atom. The van der Waals surface area contributed by atoms with Gasteiger partial charge in [0.15, 0.2) is 5.82 Å². The van der Waals surface area contributed by atoms with Crippen LogP contribution >= 0.6 is 0 Å². The molecular weight excluding hydrogens is 392 g/mol. The topological polar surface area (TPSA) is 153 Å². The fourth-order valence-electron chi connectivity index (χ4n) is 2.96. The van der Waals surface area contributed by atoms with E-state index in [1.165, 1.54) is 13.1 Å². The van der Waals surface area contributed by atoms with Crippen LogP contribution in [0.25, 0.3) is 0 Å². The van der Waals surface area contributed by atoms with Gasteiger partial charge in [0.05, 0.1) is 14.7 Å². The SMILES string of the molecule is Cc1c([N+](=O)[O-])cc(S(=O)(=O)N2CCN(c3cccnn3)CC2)cc1[N+](=O)[O-]. The normalized spacial score (nSPS) is 15.4. The molecule has 0 unspecified atom stereocenters. The molecule has 1 aromatic carbocycles. The summed E-state index contributed by atoms with van der Waals surface area (Å²) in [6, 6.07) is 5.21. The first-order valence-corrected chi connectivity index (χ1v) is 9.62. The number of nitro groups is 2. The Labute approximate surface area is 159 Å². The molecule has 1 aliphatic heterocycles. The van der Waals surface area contributed by atoms with Crippen molar-refractivity contribution in [3.05, 3.63) is 56.3 Å². The number of piperazine rings is 1. The van der Waals surface area contributed by atoms with Gasteiger partial charge in [-0.2, -0.15) is 9.40 Å². The summed E-state index contributed by atoms with van der Waals surface area (Å²) < 4.78 is 27.0. The van der Waals surface area contributed by atoms with Crippen molar-refractivity contribution in [1.29, 1.82) is 0 Å². The second kappa shape index (κ2) is 7.44. The largest absolute Gasteiger partial charge is 0.352 e. The van der Waals surface area contributed by atoms with E-state index in [-0.39, 0.29) is 18.7 Å². The predicted octanol–water partition coefficient (Wildman–Crippen LogP) is 1.11. The third-order valence-electron chi connectivity index (χ3n) is 4.48. The molecule has 0 saturated carbocycles. The first kappa shape index (κ1) is 19.6. The van der Waals surface area contributed by atoms with E-state index in [0.29, 0.717) is 18.9 Å². The zero-order valence-corrected chi connectivity index (χ0v) is 15.6. The van der Waals surface area contributed by atoms with Crippen LogP contribution in [-0.4, -0.2) is 58.9 Å². The van der Waals surface area contributed by atoms with Gasteiger partial charge in [-0.1, -0.05) is 0 Å². The van der Waals surface area contributed by atoms with E-state index < -0.39 is 36.1 Å². The third-order valence-corrected chi connectivity index (χ3v) is 6.35. The minimum Gasteiger partial charge on any atom is -0.352 e. The fraction of sp³-hybridized carbons (Fsp3) is 0.333. The number of benzene rings is 1. The van der Waals surface area contributed by atoms with Gasteiger partial charge in [-0.25, -0.2) is 8.42 Å². The van der Waals surface area contributed by atoms with Gasteiger partial charge in [-0.3, -0.25) is 20.2 Å². The summed E-state index contributed by atoms with van der Waals surface area (Å²) in [6.07, 6.45) is 1.53. The molecule has 2 heterocycles. The van der Waals surface area contributed by atoms with Crippen molar-refractivity contribution in [2.45, 2.75) is 11.8 Å². The van der Waals surface area contributed by atoms with E-state index in [0.717, 1.165) is 16.4 Å². The lowest BCUT2D eigenvalue weighted by Gasteiger charge is -2.34. The van der Waals surface area contributed by atoms with Crippen molar-refractivity contribution < 1.29 is 18.3 Å². The van der Waals surface area contributed by atoms with E-state index in [1.54, 1.807) is 12.1 Å². The van der Waals surface area contributed by atoms with Crippen LogP contribution in [0.3, 0.4) is 0 Å². The zero-order valence-electron chi connectivity index (χ0n) is 14.8. The van der Waals surface area contributed by atoms with E-state index in [4.69, 9.17) is 0 Å². The smallest absolute Gasteiger partial charge is 0.280 e. The summed E-state index contributed by atoms with van der Waals surface area (Å²) >= 11 is 0. The molecule has 1 aliphatic rings. The highest BCUT2D eigenvalue weighted by Gasteiger charge is 2.33. The highest BCUT2D eigenvalue weighted by Crippen LogP contribution is 2.32. The van der Waals surface area contributed by atoms with Gasteiger partial charge < -0.3 is 4.90 Å². The number of nitro benzene ring substituents is 2. The lowest BCUT2D eigenvalue weighted by Crippen LogP contribution is -2.49. The molecule has 0 aliphatic carbocycles. The van der Waals surface area contributed by atoms with Gasteiger partial charge in [-0.15, -0.1) is 5.10 Å². The van der Waals surface area contributed by atoms with Crippen molar-refractivity contribution in [2.24, 2.45) is 0 Å². The van der Waals surface area contributed by atoms with Crippen LogP contribution < -0.4 is 4.90 Å². The van der Waals surface area contributed by atoms with E-state index >= 15 is 0 Å². The molecule has 1 fully saturated rings. The molecule has 3 rings (SSSR count). The van der Waals surface area contributed by atoms with Crippen LogP contribution in [0.5, 0.6) is 0 Å². The number of sulfonamides is 1. The molecule has 0 atom stereocenters. The van der Waals surface area contributed by atoms with Crippen LogP contribution in [0.15, 0.2) is 35.4 Å². The molecule has 148 valence electrons. The molecule has 0 bridgehead atoms. The highest BCUT2D eigenvalue weighted by molar-refractivity contribution is 7.89. The highest BCUT2D eigenvalue weighted by atomic mass is 32.2. The number of hydrogen-bond acceptors (Lipinski definition) is 9. The van der Waals surface area contributed by atoms with Crippen LogP contribution in [0, 0.1) is 27.2 Å². The van der Waals surface area contributed by atoms with Crippen LogP contribution in [-0.2, 0) is 10.0 Å². The molecule has 13 heteroatoms. The molecule has 28 heavy (non-hydrogen) atoms. The van der Waals surface area contributed by atoms with Crippen LogP contribution in [0.4, 0.5) is 17.2 Å². The van der Waals surface area contributed by atoms with Crippen molar-refractivity contribution in [2.75, 3.05) is 31.1 Å². The Morgan fingerprint density at radius 2 is 1.61 bits per heavy atom. The first-order valence-electron chi connectivity index (χ1n) is 8.18. The number of aromatic nitrogens is 2. The Hall–Kier alpha value is -3.19. The number of anilines is 1. The summed E-state index contributed by atoms with van der Waals surface area (Å²) in [5.41, 5.74) is -1.40. The monoisotopic (exact) mass is 408 g/mol. The van der Waals surface area contributed by atoms with Crippen molar-refractivity contribution in [1.82, 2.24) is 14.5 Å². The minimum atomic E-state index is -4.13. The van der Waals surface area contributed by atoms with Gasteiger partial charge in [-0.05, 0) is 19.1 Å². The zero-order chi connectivity index (χ0) is 20.5. The van der Waals surface area contributed by atoms with Gasteiger partial charge in [0.1, 0.15) is 5.56 Å². The molecule has 0 N–H and O–H groups in total. The molecule has 1 aromatic heterocycles. The average Bonchev–Trinajstić information content (AvgIpc) is 2.68. The van der Waals surface area contributed by atoms with Gasteiger partial charge >= 0.3 is 0 Å². The van der Waals surface area contributed by atoms with E-state index in [1.807, 2.05) is 4.90 Å². The standard InChI is InChI=1S/C15H16N6O6S/c1-11-13(20(22)23)9-12(10-14(11)21(24)25)28(26,27)19-7-5-18(6-8-19)15-3-2-4-16-17-15/h2-4,9-10H,5-8H2,1H3. The molecular formula is C15H16N6O6S. The van der Waals surface area contributed by atoms with Gasteiger partial charge in [0.25, 0.3) is 11.4 Å². The summed E-state index contributed by atoms with van der Waals surface area (Å²) in [5, 5.41) is 30.2. The fourth-order valence-corrected chi connectivity index (χ4v) is 4.42. The lowest BCUT2D eigenvalue weighted by atomic mass is 10.1. The van der Waals surface area contributed by atoms with Gasteiger partial charge in [0, 0.05) is 44.5 Å². The summed E-state index contributed by atoms with van der Waals surface area (Å²) in [5.74, 6) is 0.612. The van der Waals surface area contributed by atoms with Crippen molar-refractivity contribution in [3.8, 4) is 0 Å². The lowest BCUT2D eigenvalue weighted by molar-refractivity contribution is -0.395. The Bertz CT molecular complexity index is 986. The Morgan fingerprint density at radius 1 is 1.04 bits per heavy atom. The van der Waals surface area contributed by atoms with Gasteiger partial charge in [0.2, 0.25) is 10.0 Å². The molecule has 0 amide bonds. The number of nitrogens with zero attached hydrogens (tertiary/aromatic N) is 6. The second-order valence-corrected chi connectivity index (χ2v) is 8.01. The maximum Gasteiger partial charge on any atom is 0.280 e. The average molecular weight is 408 g/mol. The maximum absolute atomic E-state index is 12.9. The summed E-state index contributed by atoms with van der Waals surface area (Å²) in [7, 11) is -4.13. The van der Waals surface area contributed by atoms with E-state index in [9.17, 15) is 28.6 Å². The first-order chi connectivity index (χ1) is 13.2. The molecule has 0 spiro atoms. The molecule has 0 radical (unpaired) electrons. The number of hydrogen-bond donors (Lipinski definition) is 0. The van der Waals surface area contributed by atoms with Crippen molar-refractivity contribution in [3.63, 3.8) is 0 Å². The summed E-state index contributed by atoms with van der Waals surface area (Å²) in [4.78, 5) is 22.2. The quantitative estimate of drug-likeness (QED) is 0.523. The molecule has 2 aromatic rings. The summed E-state index contributed by atoms with van der Waals surface area (Å²) in [6.45, 7) is 2.11. The molecule has 1 saturated heterocycles.